The number of halogens is 2. The van der Waals surface area contributed by atoms with Crippen molar-refractivity contribution in [1.29, 1.82) is 0 Å². The molecule has 1 aromatic heterocycles. The van der Waals surface area contributed by atoms with Gasteiger partial charge in [0, 0.05) is 11.4 Å². The van der Waals surface area contributed by atoms with Gasteiger partial charge in [0.1, 0.15) is 0 Å². The molecular formula is C13H20BrClN2. The molecular weight excluding hydrogens is 300 g/mol. The van der Waals surface area contributed by atoms with E-state index in [1.807, 2.05) is 11.6 Å². The molecule has 0 radical (unpaired) electrons. The summed E-state index contributed by atoms with van der Waals surface area (Å²) in [6.45, 7) is 5.00. The minimum atomic E-state index is 0.709. The van der Waals surface area contributed by atoms with E-state index in [0.29, 0.717) is 4.83 Å². The van der Waals surface area contributed by atoms with Crippen LogP contribution >= 0.6 is 27.5 Å². The summed E-state index contributed by atoms with van der Waals surface area (Å²) in [7, 11) is 0. The third kappa shape index (κ3) is 3.25. The number of nitrogens with zero attached hydrogens (tertiary/aromatic N) is 2. The van der Waals surface area contributed by atoms with Gasteiger partial charge >= 0.3 is 0 Å². The first kappa shape index (κ1) is 13.4. The topological polar surface area (TPSA) is 17.8 Å². The molecule has 1 aliphatic carbocycles. The van der Waals surface area contributed by atoms with Gasteiger partial charge < -0.3 is 0 Å². The monoisotopic (exact) mass is 318 g/mol. The highest BCUT2D eigenvalue weighted by Crippen LogP contribution is 2.39. The number of aryl methyl sites for hydroxylation is 2. The molecule has 1 saturated carbocycles. The van der Waals surface area contributed by atoms with Gasteiger partial charge in [-0.3, -0.25) is 4.68 Å². The van der Waals surface area contributed by atoms with Crippen LogP contribution in [0.1, 0.15) is 44.0 Å². The molecule has 0 N–H and O–H groups in total. The van der Waals surface area contributed by atoms with Gasteiger partial charge in [0.25, 0.3) is 0 Å². The maximum absolute atomic E-state index is 6.29. The second-order valence-electron chi connectivity index (χ2n) is 4.91. The Morgan fingerprint density at radius 3 is 2.82 bits per heavy atom. The zero-order valence-electron chi connectivity index (χ0n) is 10.5. The highest BCUT2D eigenvalue weighted by Gasteiger charge is 2.28. The van der Waals surface area contributed by atoms with Crippen LogP contribution in [0.5, 0.6) is 0 Å². The van der Waals surface area contributed by atoms with Gasteiger partial charge in [0.05, 0.1) is 16.4 Å². The second kappa shape index (κ2) is 5.75. The SMILES string of the molecule is CCn1nc(C)c(Cl)c1CCCC(Br)C1CC1. The number of hydrogen-bond donors (Lipinski definition) is 0. The average Bonchev–Trinajstić information content (AvgIpc) is 3.11. The molecule has 4 heteroatoms. The van der Waals surface area contributed by atoms with Gasteiger partial charge in [-0.25, -0.2) is 0 Å². The predicted octanol–water partition coefficient (Wildman–Crippen LogP) is 4.36. The van der Waals surface area contributed by atoms with E-state index in [1.54, 1.807) is 0 Å². The van der Waals surface area contributed by atoms with Gasteiger partial charge in [-0.2, -0.15) is 5.10 Å². The van der Waals surface area contributed by atoms with Crippen LogP contribution in [0.15, 0.2) is 0 Å². The molecule has 1 heterocycles. The molecule has 1 unspecified atom stereocenters. The smallest absolute Gasteiger partial charge is 0.0847 e. The van der Waals surface area contributed by atoms with E-state index >= 15 is 0 Å². The molecule has 0 spiro atoms. The van der Waals surface area contributed by atoms with Crippen molar-refractivity contribution >= 4 is 27.5 Å². The molecule has 0 saturated heterocycles. The summed E-state index contributed by atoms with van der Waals surface area (Å²) < 4.78 is 2.04. The largest absolute Gasteiger partial charge is 0.268 e. The summed E-state index contributed by atoms with van der Waals surface area (Å²) in [5.74, 6) is 0.934. The van der Waals surface area contributed by atoms with Crippen molar-refractivity contribution in [1.82, 2.24) is 9.78 Å². The molecule has 1 aromatic rings. The van der Waals surface area contributed by atoms with Crippen LogP contribution in [0, 0.1) is 12.8 Å². The fraction of sp³-hybridized carbons (Fsp3) is 0.769. The van der Waals surface area contributed by atoms with Gasteiger partial charge in [-0.15, -0.1) is 0 Å². The van der Waals surface area contributed by atoms with Crippen LogP contribution < -0.4 is 0 Å². The first-order chi connectivity index (χ1) is 8.13. The normalized spacial score (nSPS) is 17.4. The van der Waals surface area contributed by atoms with Gasteiger partial charge in [0.2, 0.25) is 0 Å². The summed E-state index contributed by atoms with van der Waals surface area (Å²) >= 11 is 10.1. The zero-order chi connectivity index (χ0) is 12.4. The molecule has 0 aliphatic heterocycles. The molecule has 1 atom stereocenters. The molecule has 96 valence electrons. The lowest BCUT2D eigenvalue weighted by atomic mass is 10.1. The molecule has 2 nitrogen and oxygen atoms in total. The van der Waals surface area contributed by atoms with Crippen LogP contribution in [0.3, 0.4) is 0 Å². The standard InChI is InChI=1S/C13H20BrClN2/c1-3-17-12(13(15)9(2)16-17)6-4-5-11(14)10-7-8-10/h10-11H,3-8H2,1-2H3. The first-order valence-corrected chi connectivity index (χ1v) is 7.78. The zero-order valence-corrected chi connectivity index (χ0v) is 12.9. The Morgan fingerprint density at radius 1 is 1.53 bits per heavy atom. The number of alkyl halides is 1. The van der Waals surface area contributed by atoms with Crippen molar-refractivity contribution in [2.24, 2.45) is 5.92 Å². The molecule has 0 amide bonds. The number of aromatic nitrogens is 2. The highest BCUT2D eigenvalue weighted by atomic mass is 79.9. The van der Waals surface area contributed by atoms with Crippen LogP contribution in [0.25, 0.3) is 0 Å². The maximum atomic E-state index is 6.29. The summed E-state index contributed by atoms with van der Waals surface area (Å²) in [6, 6.07) is 0. The molecule has 0 aromatic carbocycles. The minimum absolute atomic E-state index is 0.709. The van der Waals surface area contributed by atoms with E-state index in [2.05, 4.69) is 28.0 Å². The lowest BCUT2D eigenvalue weighted by Gasteiger charge is -2.09. The van der Waals surface area contributed by atoms with E-state index in [-0.39, 0.29) is 0 Å². The summed E-state index contributed by atoms with van der Waals surface area (Å²) in [5.41, 5.74) is 2.17. The van der Waals surface area contributed by atoms with Crippen LogP contribution in [0.2, 0.25) is 5.02 Å². The van der Waals surface area contributed by atoms with Crippen molar-refractivity contribution in [3.63, 3.8) is 0 Å². The Bertz CT molecular complexity index is 385. The lowest BCUT2D eigenvalue weighted by molar-refractivity contribution is 0.586. The molecule has 17 heavy (non-hydrogen) atoms. The quantitative estimate of drug-likeness (QED) is 0.712. The summed E-state index contributed by atoms with van der Waals surface area (Å²) in [6.07, 6.45) is 6.29. The molecule has 2 rings (SSSR count). The predicted molar refractivity (Wildman–Crippen MR) is 76.0 cm³/mol. The fourth-order valence-corrected chi connectivity index (χ4v) is 3.35. The van der Waals surface area contributed by atoms with Crippen LogP contribution in [-0.4, -0.2) is 14.6 Å². The third-order valence-electron chi connectivity index (χ3n) is 3.48. The van der Waals surface area contributed by atoms with Crippen molar-refractivity contribution in [3.8, 4) is 0 Å². The second-order valence-corrected chi connectivity index (χ2v) is 6.46. The van der Waals surface area contributed by atoms with Crippen LogP contribution in [0.4, 0.5) is 0 Å². The fourth-order valence-electron chi connectivity index (χ4n) is 2.27. The Labute approximate surface area is 117 Å². The third-order valence-corrected chi connectivity index (χ3v) is 5.18. The van der Waals surface area contributed by atoms with Gasteiger partial charge in [-0.1, -0.05) is 27.5 Å². The van der Waals surface area contributed by atoms with Crippen molar-refractivity contribution < 1.29 is 0 Å². The van der Waals surface area contributed by atoms with E-state index in [0.717, 1.165) is 29.6 Å². The first-order valence-electron chi connectivity index (χ1n) is 6.49. The highest BCUT2D eigenvalue weighted by molar-refractivity contribution is 9.09. The Hall–Kier alpha value is -0.0200. The lowest BCUT2D eigenvalue weighted by Crippen LogP contribution is -2.05. The van der Waals surface area contributed by atoms with Crippen LogP contribution in [-0.2, 0) is 13.0 Å². The minimum Gasteiger partial charge on any atom is -0.268 e. The van der Waals surface area contributed by atoms with E-state index in [1.165, 1.54) is 31.4 Å². The maximum Gasteiger partial charge on any atom is 0.0847 e. The van der Waals surface area contributed by atoms with E-state index in [4.69, 9.17) is 11.6 Å². The molecule has 1 fully saturated rings. The Morgan fingerprint density at radius 2 is 2.24 bits per heavy atom. The van der Waals surface area contributed by atoms with Crippen molar-refractivity contribution in [2.75, 3.05) is 0 Å². The van der Waals surface area contributed by atoms with E-state index < -0.39 is 0 Å². The van der Waals surface area contributed by atoms with Crippen molar-refractivity contribution in [2.45, 2.75) is 57.3 Å². The Kier molecular flexibility index (Phi) is 4.53. The number of rotatable bonds is 6. The van der Waals surface area contributed by atoms with Gasteiger partial charge in [-0.05, 0) is 51.9 Å². The molecule has 0 bridgehead atoms. The number of hydrogen-bond acceptors (Lipinski definition) is 1. The van der Waals surface area contributed by atoms with Gasteiger partial charge in [0.15, 0.2) is 0 Å². The summed E-state index contributed by atoms with van der Waals surface area (Å²) in [4.78, 5) is 0.709. The average molecular weight is 320 g/mol. The summed E-state index contributed by atoms with van der Waals surface area (Å²) in [5, 5.41) is 5.31. The van der Waals surface area contributed by atoms with E-state index in [9.17, 15) is 0 Å². The Balaban J connectivity index is 1.88. The molecule has 1 aliphatic rings. The van der Waals surface area contributed by atoms with Crippen molar-refractivity contribution in [3.05, 3.63) is 16.4 Å².